The molecule has 1 aromatic rings. The van der Waals surface area contributed by atoms with Gasteiger partial charge < -0.3 is 0 Å². The summed E-state index contributed by atoms with van der Waals surface area (Å²) < 4.78 is 16.0. The molecule has 1 aromatic carbocycles. The molecule has 0 aliphatic heterocycles. The number of rotatable bonds is 3. The van der Waals surface area contributed by atoms with Crippen molar-refractivity contribution in [3.05, 3.63) is 33.8 Å². The van der Waals surface area contributed by atoms with E-state index in [0.717, 1.165) is 4.47 Å². The average Bonchev–Trinajstić information content (AvgIpc) is 2.15. The highest BCUT2D eigenvalue weighted by molar-refractivity contribution is 9.10. The summed E-state index contributed by atoms with van der Waals surface area (Å²) in [7, 11) is -1.04. The van der Waals surface area contributed by atoms with Crippen LogP contribution < -0.4 is 4.72 Å². The van der Waals surface area contributed by atoms with E-state index >= 15 is 0 Å². The van der Waals surface area contributed by atoms with Crippen LogP contribution in [0.4, 0.5) is 0 Å². The Morgan fingerprint density at radius 1 is 1.35 bits per heavy atom. The van der Waals surface area contributed by atoms with Crippen molar-refractivity contribution in [1.82, 2.24) is 4.72 Å². The maximum absolute atomic E-state index is 12.0. The monoisotopic (exact) mass is 317 g/mol. The third kappa shape index (κ3) is 4.19. The summed E-state index contributed by atoms with van der Waals surface area (Å²) >= 11 is 3.45. The van der Waals surface area contributed by atoms with Gasteiger partial charge in [-0.05, 0) is 57.9 Å². The van der Waals surface area contributed by atoms with Gasteiger partial charge in [0, 0.05) is 10.5 Å². The Morgan fingerprint density at radius 3 is 2.41 bits per heavy atom. The molecular formula is C13H20BrNOS. The highest BCUT2D eigenvalue weighted by atomic mass is 79.9. The summed E-state index contributed by atoms with van der Waals surface area (Å²) in [5.74, 6) is 0. The van der Waals surface area contributed by atoms with E-state index in [1.807, 2.05) is 33.8 Å². The fourth-order valence-corrected chi connectivity index (χ4v) is 2.80. The van der Waals surface area contributed by atoms with Crippen LogP contribution in [-0.2, 0) is 11.0 Å². The van der Waals surface area contributed by atoms with Gasteiger partial charge in [0.15, 0.2) is 0 Å². The summed E-state index contributed by atoms with van der Waals surface area (Å²) in [6.45, 7) is 10.0. The first-order chi connectivity index (χ1) is 7.71. The van der Waals surface area contributed by atoms with Gasteiger partial charge in [-0.2, -0.15) is 0 Å². The Hall–Kier alpha value is -0.190. The second-order valence-electron chi connectivity index (χ2n) is 5.22. The van der Waals surface area contributed by atoms with Crippen LogP contribution in [-0.4, -0.2) is 8.96 Å². The SMILES string of the molecule is Cc1cc(Br)ccc1[C@@H](C)N[S@@](=O)C(C)(C)C. The van der Waals surface area contributed by atoms with Crippen LogP contribution in [0.2, 0.25) is 0 Å². The highest BCUT2D eigenvalue weighted by Crippen LogP contribution is 2.23. The molecule has 0 aromatic heterocycles. The van der Waals surface area contributed by atoms with E-state index in [9.17, 15) is 4.21 Å². The Balaban J connectivity index is 2.84. The number of hydrogen-bond acceptors (Lipinski definition) is 1. The van der Waals surface area contributed by atoms with Crippen LogP contribution in [0.15, 0.2) is 22.7 Å². The van der Waals surface area contributed by atoms with Gasteiger partial charge in [-0.15, -0.1) is 0 Å². The van der Waals surface area contributed by atoms with Crippen molar-refractivity contribution < 1.29 is 4.21 Å². The highest BCUT2D eigenvalue weighted by Gasteiger charge is 2.22. The molecule has 2 atom stereocenters. The molecule has 0 bridgehead atoms. The van der Waals surface area contributed by atoms with Crippen LogP contribution in [0.25, 0.3) is 0 Å². The fourth-order valence-electron chi connectivity index (χ4n) is 1.53. The molecule has 2 nitrogen and oxygen atoms in total. The van der Waals surface area contributed by atoms with E-state index < -0.39 is 11.0 Å². The molecule has 0 aliphatic carbocycles. The smallest absolute Gasteiger partial charge is 0.0975 e. The van der Waals surface area contributed by atoms with Gasteiger partial charge in [-0.3, -0.25) is 0 Å². The van der Waals surface area contributed by atoms with Gasteiger partial charge in [0.1, 0.15) is 0 Å². The summed E-state index contributed by atoms with van der Waals surface area (Å²) in [4.78, 5) is 0. The summed E-state index contributed by atoms with van der Waals surface area (Å²) in [6.07, 6.45) is 0. The molecule has 0 saturated heterocycles. The first-order valence-corrected chi connectivity index (χ1v) is 7.60. The molecule has 0 radical (unpaired) electrons. The van der Waals surface area contributed by atoms with E-state index in [1.165, 1.54) is 11.1 Å². The van der Waals surface area contributed by atoms with Crippen LogP contribution >= 0.6 is 15.9 Å². The summed E-state index contributed by atoms with van der Waals surface area (Å²) in [5, 5.41) is 0. The second kappa shape index (κ2) is 5.63. The lowest BCUT2D eigenvalue weighted by molar-refractivity contribution is 0.615. The maximum Gasteiger partial charge on any atom is 0.0975 e. The molecule has 0 fully saturated rings. The van der Waals surface area contributed by atoms with Gasteiger partial charge in [-0.25, -0.2) is 8.93 Å². The topological polar surface area (TPSA) is 29.1 Å². The van der Waals surface area contributed by atoms with Gasteiger partial charge in [0.2, 0.25) is 0 Å². The van der Waals surface area contributed by atoms with Crippen molar-refractivity contribution >= 4 is 26.9 Å². The molecule has 0 amide bonds. The molecule has 4 heteroatoms. The van der Waals surface area contributed by atoms with Crippen molar-refractivity contribution in [2.24, 2.45) is 0 Å². The van der Waals surface area contributed by atoms with Crippen molar-refractivity contribution in [3.8, 4) is 0 Å². The standard InChI is InChI=1S/C13H20BrNOS/c1-9-8-11(14)6-7-12(9)10(2)15-17(16)13(3,4)5/h6-8,10,15H,1-5H3/t10-,17+/m1/s1. The Labute approximate surface area is 115 Å². The number of halogens is 1. The number of nitrogens with one attached hydrogen (secondary N) is 1. The van der Waals surface area contributed by atoms with Gasteiger partial charge >= 0.3 is 0 Å². The van der Waals surface area contributed by atoms with Crippen LogP contribution in [0.5, 0.6) is 0 Å². The lowest BCUT2D eigenvalue weighted by Crippen LogP contribution is -2.35. The van der Waals surface area contributed by atoms with E-state index in [4.69, 9.17) is 0 Å². The van der Waals surface area contributed by atoms with Crippen molar-refractivity contribution in [3.63, 3.8) is 0 Å². The first kappa shape index (κ1) is 14.9. The third-order valence-electron chi connectivity index (χ3n) is 2.54. The molecular weight excluding hydrogens is 298 g/mol. The molecule has 0 saturated carbocycles. The maximum atomic E-state index is 12.0. The number of aryl methyl sites for hydroxylation is 1. The van der Waals surface area contributed by atoms with Crippen molar-refractivity contribution in [1.29, 1.82) is 0 Å². The Bertz CT molecular complexity index is 426. The molecule has 0 spiro atoms. The van der Waals surface area contributed by atoms with Crippen LogP contribution in [0.1, 0.15) is 44.9 Å². The van der Waals surface area contributed by atoms with Crippen LogP contribution in [0.3, 0.4) is 0 Å². The minimum Gasteiger partial charge on any atom is -0.242 e. The zero-order valence-corrected chi connectivity index (χ0v) is 13.4. The molecule has 0 aliphatic rings. The number of benzene rings is 1. The Kier molecular flexibility index (Phi) is 4.93. The normalized spacial score (nSPS) is 15.6. The molecule has 17 heavy (non-hydrogen) atoms. The summed E-state index contributed by atoms with van der Waals surface area (Å²) in [6, 6.07) is 6.24. The van der Waals surface area contributed by atoms with E-state index in [-0.39, 0.29) is 10.8 Å². The third-order valence-corrected chi connectivity index (χ3v) is 4.71. The molecule has 1 N–H and O–H groups in total. The van der Waals surface area contributed by atoms with Crippen molar-refractivity contribution in [2.45, 2.75) is 45.4 Å². The largest absolute Gasteiger partial charge is 0.242 e. The van der Waals surface area contributed by atoms with Crippen molar-refractivity contribution in [2.75, 3.05) is 0 Å². The van der Waals surface area contributed by atoms with E-state index in [1.54, 1.807) is 0 Å². The lowest BCUT2D eigenvalue weighted by Gasteiger charge is -2.23. The summed E-state index contributed by atoms with van der Waals surface area (Å²) in [5.41, 5.74) is 2.39. The average molecular weight is 318 g/mol. The number of hydrogen-bond donors (Lipinski definition) is 1. The quantitative estimate of drug-likeness (QED) is 0.900. The first-order valence-electron chi connectivity index (χ1n) is 5.66. The molecule has 96 valence electrons. The fraction of sp³-hybridized carbons (Fsp3) is 0.538. The van der Waals surface area contributed by atoms with E-state index in [0.29, 0.717) is 0 Å². The van der Waals surface area contributed by atoms with Gasteiger partial charge in [0.25, 0.3) is 0 Å². The molecule has 0 unspecified atom stereocenters. The zero-order valence-electron chi connectivity index (χ0n) is 11.0. The van der Waals surface area contributed by atoms with Gasteiger partial charge in [0.05, 0.1) is 15.7 Å². The molecule has 1 rings (SSSR count). The lowest BCUT2D eigenvalue weighted by atomic mass is 10.0. The second-order valence-corrected chi connectivity index (χ2v) is 8.14. The van der Waals surface area contributed by atoms with Crippen LogP contribution in [0, 0.1) is 6.92 Å². The molecule has 0 heterocycles. The predicted molar refractivity (Wildman–Crippen MR) is 78.3 cm³/mol. The van der Waals surface area contributed by atoms with Gasteiger partial charge in [-0.1, -0.05) is 22.0 Å². The van der Waals surface area contributed by atoms with E-state index in [2.05, 4.69) is 39.7 Å². The predicted octanol–water partition coefficient (Wildman–Crippen LogP) is 3.87. The minimum absolute atomic E-state index is 0.0863. The zero-order chi connectivity index (χ0) is 13.2. The Morgan fingerprint density at radius 2 is 1.94 bits per heavy atom. The minimum atomic E-state index is -1.04.